The largest absolute Gasteiger partial charge is 0.508 e. The zero-order chi connectivity index (χ0) is 27.3. The van der Waals surface area contributed by atoms with Gasteiger partial charge in [-0.2, -0.15) is 0 Å². The topological polar surface area (TPSA) is 144 Å². The molecule has 1 aliphatic rings. The van der Waals surface area contributed by atoms with Crippen LogP contribution in [0.4, 0.5) is 0 Å². The Morgan fingerprint density at radius 1 is 0.919 bits per heavy atom. The minimum Gasteiger partial charge on any atom is -0.508 e. The van der Waals surface area contributed by atoms with Gasteiger partial charge in [0, 0.05) is 22.6 Å². The molecule has 0 fully saturated rings. The molecule has 3 aromatic rings. The summed E-state index contributed by atoms with van der Waals surface area (Å²) in [4.78, 5) is 0. The van der Waals surface area contributed by atoms with E-state index in [1.165, 1.54) is 18.2 Å². The Balaban J connectivity index is 1.84. The summed E-state index contributed by atoms with van der Waals surface area (Å²) in [5.41, 5.74) is -1.22. The van der Waals surface area contributed by atoms with Gasteiger partial charge in [-0.25, -0.2) is 0 Å². The van der Waals surface area contributed by atoms with Crippen LogP contribution in [0.1, 0.15) is 65.0 Å². The summed E-state index contributed by atoms with van der Waals surface area (Å²) in [6, 6.07) is 5.86. The molecule has 0 saturated heterocycles. The van der Waals surface area contributed by atoms with Gasteiger partial charge in [-0.05, 0) is 90.7 Å². The Morgan fingerprint density at radius 3 is 2.14 bits per heavy atom. The van der Waals surface area contributed by atoms with Gasteiger partial charge in [0.25, 0.3) is 0 Å². The SMILES string of the molecule is CC(C)(O)CCc1c(O)c2c(c3oc(-c4cc(O)cc(O)c4)cc13)C=CC(C)(C(O)CCC(C)(C)O)O2. The van der Waals surface area contributed by atoms with Gasteiger partial charge in [-0.3, -0.25) is 0 Å². The lowest BCUT2D eigenvalue weighted by molar-refractivity contribution is -0.0298. The highest BCUT2D eigenvalue weighted by atomic mass is 16.5. The zero-order valence-corrected chi connectivity index (χ0v) is 21.9. The van der Waals surface area contributed by atoms with E-state index in [4.69, 9.17) is 9.15 Å². The van der Waals surface area contributed by atoms with Gasteiger partial charge >= 0.3 is 0 Å². The second-order valence-corrected chi connectivity index (χ2v) is 11.5. The van der Waals surface area contributed by atoms with Crippen LogP contribution in [0.25, 0.3) is 28.4 Å². The highest BCUT2D eigenvalue weighted by Crippen LogP contribution is 2.49. The lowest BCUT2D eigenvalue weighted by Gasteiger charge is -2.37. The second kappa shape index (κ2) is 9.28. The average molecular weight is 513 g/mol. The fourth-order valence-electron chi connectivity index (χ4n) is 4.59. The highest BCUT2D eigenvalue weighted by Gasteiger charge is 2.39. The summed E-state index contributed by atoms with van der Waals surface area (Å²) in [5, 5.41) is 63.3. The fourth-order valence-corrected chi connectivity index (χ4v) is 4.59. The van der Waals surface area contributed by atoms with Crippen molar-refractivity contribution in [3.05, 3.63) is 41.5 Å². The number of rotatable bonds is 8. The number of benzene rings is 2. The van der Waals surface area contributed by atoms with E-state index in [2.05, 4.69) is 0 Å². The summed E-state index contributed by atoms with van der Waals surface area (Å²) in [7, 11) is 0. The number of hydrogen-bond acceptors (Lipinski definition) is 8. The Kier molecular flexibility index (Phi) is 6.73. The smallest absolute Gasteiger partial charge is 0.173 e. The van der Waals surface area contributed by atoms with Crippen molar-refractivity contribution in [2.75, 3.05) is 0 Å². The van der Waals surface area contributed by atoms with Crippen molar-refractivity contribution in [2.45, 2.75) is 83.2 Å². The molecule has 0 saturated carbocycles. The number of phenolic OH excluding ortho intramolecular Hbond substituents is 3. The van der Waals surface area contributed by atoms with Crippen molar-refractivity contribution in [3.8, 4) is 34.3 Å². The van der Waals surface area contributed by atoms with E-state index in [0.717, 1.165) is 0 Å². The number of hydrogen-bond donors (Lipinski definition) is 6. The number of aromatic hydroxyl groups is 3. The first-order valence-electron chi connectivity index (χ1n) is 12.4. The maximum Gasteiger partial charge on any atom is 0.173 e. The first kappa shape index (κ1) is 26.9. The van der Waals surface area contributed by atoms with Gasteiger partial charge in [0.15, 0.2) is 17.1 Å². The van der Waals surface area contributed by atoms with Gasteiger partial charge < -0.3 is 39.8 Å². The van der Waals surface area contributed by atoms with Crippen LogP contribution >= 0.6 is 0 Å². The molecule has 8 heteroatoms. The molecule has 0 bridgehead atoms. The molecule has 0 radical (unpaired) electrons. The summed E-state index contributed by atoms with van der Waals surface area (Å²) in [6.07, 6.45) is 3.79. The summed E-state index contributed by atoms with van der Waals surface area (Å²) < 4.78 is 12.4. The Morgan fingerprint density at radius 2 is 1.54 bits per heavy atom. The van der Waals surface area contributed by atoms with Crippen molar-refractivity contribution in [2.24, 2.45) is 0 Å². The first-order chi connectivity index (χ1) is 17.1. The summed E-state index contributed by atoms with van der Waals surface area (Å²) in [6.45, 7) is 8.43. The number of phenols is 3. The Hall–Kier alpha value is -3.20. The number of ether oxygens (including phenoxy) is 1. The van der Waals surface area contributed by atoms with Crippen LogP contribution in [0.15, 0.2) is 34.8 Å². The first-order valence-corrected chi connectivity index (χ1v) is 12.4. The van der Waals surface area contributed by atoms with Crippen molar-refractivity contribution in [1.82, 2.24) is 0 Å². The minimum atomic E-state index is -1.16. The molecule has 200 valence electrons. The minimum absolute atomic E-state index is 0.108. The van der Waals surface area contributed by atoms with E-state index in [9.17, 15) is 30.6 Å². The number of fused-ring (bicyclic) bond motifs is 3. The molecule has 2 atom stereocenters. The molecule has 1 aliphatic heterocycles. The number of aliphatic hydroxyl groups is 3. The molecule has 6 N–H and O–H groups in total. The van der Waals surface area contributed by atoms with Crippen LogP contribution in [0, 0.1) is 0 Å². The maximum absolute atomic E-state index is 11.4. The lowest BCUT2D eigenvalue weighted by Crippen LogP contribution is -2.45. The lowest BCUT2D eigenvalue weighted by atomic mass is 9.87. The third-order valence-electron chi connectivity index (χ3n) is 6.82. The number of furan rings is 1. The van der Waals surface area contributed by atoms with E-state index < -0.39 is 22.9 Å². The molecule has 4 rings (SSSR count). The molecule has 0 spiro atoms. The van der Waals surface area contributed by atoms with Crippen LogP contribution in [0.3, 0.4) is 0 Å². The quantitative estimate of drug-likeness (QED) is 0.248. The molecule has 2 aromatic carbocycles. The standard InChI is InChI=1S/C29H36O8/c1-27(2,34)9-6-19-21-15-22(16-12-17(30)14-18(31)13-16)36-25(21)20-7-11-29(5,37-26(20)24(19)33)23(32)8-10-28(3,4)35/h7,11-15,23,30-35H,6,8-10H2,1-5H3. The Bertz CT molecular complexity index is 1320. The van der Waals surface area contributed by atoms with Gasteiger partial charge in [-0.15, -0.1) is 0 Å². The van der Waals surface area contributed by atoms with Crippen molar-refractivity contribution in [3.63, 3.8) is 0 Å². The van der Waals surface area contributed by atoms with E-state index in [1.807, 2.05) is 0 Å². The number of aliphatic hydroxyl groups excluding tert-OH is 1. The van der Waals surface area contributed by atoms with Crippen molar-refractivity contribution in [1.29, 1.82) is 0 Å². The van der Waals surface area contributed by atoms with E-state index in [0.29, 0.717) is 52.7 Å². The van der Waals surface area contributed by atoms with Gasteiger partial charge in [0.05, 0.1) is 22.9 Å². The van der Waals surface area contributed by atoms with Gasteiger partial charge in [-0.1, -0.05) is 0 Å². The average Bonchev–Trinajstić information content (AvgIpc) is 3.21. The summed E-state index contributed by atoms with van der Waals surface area (Å²) in [5.74, 6) is 0.169. The van der Waals surface area contributed by atoms with Crippen LogP contribution in [-0.4, -0.2) is 53.5 Å². The molecule has 2 unspecified atom stereocenters. The van der Waals surface area contributed by atoms with Gasteiger partial charge in [0.1, 0.15) is 22.8 Å². The molecular weight excluding hydrogens is 476 g/mol. The maximum atomic E-state index is 11.4. The monoisotopic (exact) mass is 512 g/mol. The third-order valence-corrected chi connectivity index (χ3v) is 6.82. The van der Waals surface area contributed by atoms with Crippen LogP contribution in [0.5, 0.6) is 23.0 Å². The van der Waals surface area contributed by atoms with Crippen molar-refractivity contribution >= 4 is 17.0 Å². The predicted octanol–water partition coefficient (Wildman–Crippen LogP) is 5.00. The van der Waals surface area contributed by atoms with E-state index >= 15 is 0 Å². The summed E-state index contributed by atoms with van der Waals surface area (Å²) >= 11 is 0. The molecule has 37 heavy (non-hydrogen) atoms. The molecule has 1 aromatic heterocycles. The third kappa shape index (κ3) is 5.71. The molecular formula is C29H36O8. The van der Waals surface area contributed by atoms with E-state index in [-0.39, 0.29) is 29.4 Å². The van der Waals surface area contributed by atoms with Crippen LogP contribution < -0.4 is 4.74 Å². The fraction of sp³-hybridized carbons (Fsp3) is 0.448. The van der Waals surface area contributed by atoms with Gasteiger partial charge in [0.2, 0.25) is 0 Å². The second-order valence-electron chi connectivity index (χ2n) is 11.5. The molecule has 0 amide bonds. The van der Waals surface area contributed by atoms with Crippen LogP contribution in [0.2, 0.25) is 0 Å². The number of aryl methyl sites for hydroxylation is 1. The Labute approximate surface area is 216 Å². The normalized spacial score (nSPS) is 18.6. The zero-order valence-electron chi connectivity index (χ0n) is 21.9. The van der Waals surface area contributed by atoms with E-state index in [1.54, 1.807) is 52.8 Å². The predicted molar refractivity (Wildman–Crippen MR) is 141 cm³/mol. The highest BCUT2D eigenvalue weighted by molar-refractivity contribution is 5.97. The van der Waals surface area contributed by atoms with Crippen LogP contribution in [-0.2, 0) is 6.42 Å². The molecule has 2 heterocycles. The molecule has 8 nitrogen and oxygen atoms in total. The van der Waals surface area contributed by atoms with Crippen molar-refractivity contribution < 1.29 is 39.8 Å². The molecule has 0 aliphatic carbocycles.